The highest BCUT2D eigenvalue weighted by Gasteiger charge is 2.23. The van der Waals surface area contributed by atoms with Gasteiger partial charge in [-0.3, -0.25) is 0 Å². The van der Waals surface area contributed by atoms with Gasteiger partial charge >= 0.3 is 0 Å². The number of likely N-dealkylation sites (tertiary alicyclic amines) is 1. The number of hydrogen-bond acceptors (Lipinski definition) is 7. The smallest absolute Gasteiger partial charge is 0.283 e. The fraction of sp³-hybridized carbons (Fsp3) is 0.333. The van der Waals surface area contributed by atoms with Gasteiger partial charge in [-0.1, -0.05) is 55.5 Å². The van der Waals surface area contributed by atoms with Crippen LogP contribution in [0, 0.1) is 0 Å². The monoisotopic (exact) mass is 551 g/mol. The highest BCUT2D eigenvalue weighted by atomic mass is 35.5. The first-order valence-corrected chi connectivity index (χ1v) is 13.0. The molecule has 0 bridgehead atoms. The standard InChI is InChI=1S/C30H31N3O4.ClH.H2O/c1-2-29-31-32-30(37-29)28-17-25-26(8-5-9-27(25)36-28)35-19-24(34)18-33-14-12-21(13-15-33)23-11-10-20-6-3-4-7-22(20)16-23;;/h3-11,16-17,21,24,34H,2,12-15,18-19H2,1H3;1H;1H2/t24-;;/m0../s1. The number of ether oxygens (including phenoxy) is 1. The lowest BCUT2D eigenvalue weighted by Gasteiger charge is -2.33. The van der Waals surface area contributed by atoms with Crippen molar-refractivity contribution in [1.82, 2.24) is 15.1 Å². The van der Waals surface area contributed by atoms with E-state index >= 15 is 0 Å². The molecule has 1 saturated heterocycles. The van der Waals surface area contributed by atoms with Gasteiger partial charge in [-0.05, 0) is 60.3 Å². The van der Waals surface area contributed by atoms with Gasteiger partial charge in [-0.15, -0.1) is 22.6 Å². The van der Waals surface area contributed by atoms with Gasteiger partial charge < -0.3 is 29.1 Å². The Balaban J connectivity index is 0.00000176. The van der Waals surface area contributed by atoms with Gasteiger partial charge in [0.1, 0.15) is 24.0 Å². The fourth-order valence-corrected chi connectivity index (χ4v) is 5.21. The molecule has 1 aliphatic rings. The first-order chi connectivity index (χ1) is 18.2. The maximum atomic E-state index is 10.7. The molecule has 0 radical (unpaired) electrons. The number of piperidine rings is 1. The van der Waals surface area contributed by atoms with Crippen LogP contribution in [0.1, 0.15) is 37.1 Å². The Morgan fingerprint density at radius 3 is 2.54 bits per heavy atom. The number of furan rings is 1. The van der Waals surface area contributed by atoms with Crippen LogP contribution in [0.3, 0.4) is 0 Å². The number of hydrogen-bond donors (Lipinski definition) is 1. The van der Waals surface area contributed by atoms with Crippen LogP contribution in [0.25, 0.3) is 33.4 Å². The van der Waals surface area contributed by atoms with Crippen LogP contribution >= 0.6 is 12.4 Å². The zero-order valence-corrected chi connectivity index (χ0v) is 22.7. The minimum atomic E-state index is -0.582. The van der Waals surface area contributed by atoms with Gasteiger partial charge in [0.25, 0.3) is 5.89 Å². The molecule has 1 aliphatic heterocycles. The van der Waals surface area contributed by atoms with Crippen molar-refractivity contribution < 1.29 is 24.2 Å². The van der Waals surface area contributed by atoms with Crippen LogP contribution in [0.2, 0.25) is 0 Å². The molecule has 2 aromatic heterocycles. The third-order valence-corrected chi connectivity index (χ3v) is 7.23. The van der Waals surface area contributed by atoms with Gasteiger partial charge in [0, 0.05) is 19.0 Å². The maximum Gasteiger partial charge on any atom is 0.283 e. The molecule has 0 saturated carbocycles. The third kappa shape index (κ3) is 6.25. The van der Waals surface area contributed by atoms with Gasteiger partial charge in [-0.25, -0.2) is 0 Å². The number of β-amino-alcohol motifs (C(OH)–C–C–N with tert-alkyl or cyclic N) is 1. The Kier molecular flexibility index (Phi) is 9.24. The molecule has 9 heteroatoms. The topological polar surface area (TPSA) is 116 Å². The zero-order chi connectivity index (χ0) is 25.2. The fourth-order valence-electron chi connectivity index (χ4n) is 5.21. The molecule has 0 spiro atoms. The summed E-state index contributed by atoms with van der Waals surface area (Å²) in [6.07, 6.45) is 2.28. The number of benzene rings is 3. The molecule has 8 nitrogen and oxygen atoms in total. The summed E-state index contributed by atoms with van der Waals surface area (Å²) >= 11 is 0. The lowest BCUT2D eigenvalue weighted by Crippen LogP contribution is -2.40. The summed E-state index contributed by atoms with van der Waals surface area (Å²) in [7, 11) is 0. The van der Waals surface area contributed by atoms with E-state index in [0.717, 1.165) is 31.3 Å². The molecule has 1 fully saturated rings. The minimum absolute atomic E-state index is 0. The van der Waals surface area contributed by atoms with Crippen molar-refractivity contribution in [3.63, 3.8) is 0 Å². The van der Waals surface area contributed by atoms with Crippen molar-refractivity contribution in [2.24, 2.45) is 0 Å². The Labute approximate surface area is 233 Å². The van der Waals surface area contributed by atoms with Crippen molar-refractivity contribution >= 4 is 34.1 Å². The number of fused-ring (bicyclic) bond motifs is 2. The Hall–Kier alpha value is -3.43. The van der Waals surface area contributed by atoms with E-state index in [1.165, 1.54) is 16.3 Å². The predicted octanol–water partition coefficient (Wildman–Crippen LogP) is 5.41. The SMILES string of the molecule is CCc1nnc(-c2cc3c(OC[C@@H](O)CN4CCC(c5ccc6ccccc6c5)CC4)cccc3o2)o1.Cl.O. The number of aryl methyl sites for hydroxylation is 1. The second-order valence-electron chi connectivity index (χ2n) is 9.78. The van der Waals surface area contributed by atoms with Gasteiger partial charge in [0.2, 0.25) is 5.89 Å². The minimum Gasteiger partial charge on any atom is -0.490 e. The average molecular weight is 552 g/mol. The van der Waals surface area contributed by atoms with Crippen LogP contribution < -0.4 is 4.74 Å². The number of halogens is 1. The van der Waals surface area contributed by atoms with E-state index in [1.54, 1.807) is 0 Å². The first-order valence-electron chi connectivity index (χ1n) is 13.0. The summed E-state index contributed by atoms with van der Waals surface area (Å²) in [4.78, 5) is 2.34. The molecule has 3 aromatic carbocycles. The second kappa shape index (κ2) is 12.6. The molecule has 0 amide bonds. The third-order valence-electron chi connectivity index (χ3n) is 7.23. The first kappa shape index (κ1) is 28.6. The van der Waals surface area contributed by atoms with Crippen LogP contribution in [0.5, 0.6) is 5.75 Å². The highest BCUT2D eigenvalue weighted by molar-refractivity contribution is 5.87. The van der Waals surface area contributed by atoms with Crippen LogP contribution in [-0.4, -0.2) is 58.0 Å². The molecule has 39 heavy (non-hydrogen) atoms. The summed E-state index contributed by atoms with van der Waals surface area (Å²) in [5.74, 6) is 2.65. The summed E-state index contributed by atoms with van der Waals surface area (Å²) in [6.45, 7) is 4.71. The lowest BCUT2D eigenvalue weighted by atomic mass is 9.88. The van der Waals surface area contributed by atoms with Crippen molar-refractivity contribution in [1.29, 1.82) is 0 Å². The van der Waals surface area contributed by atoms with Crippen molar-refractivity contribution in [3.05, 3.63) is 78.2 Å². The van der Waals surface area contributed by atoms with Gasteiger partial charge in [0.05, 0.1) is 5.39 Å². The molecule has 3 N–H and O–H groups in total. The summed E-state index contributed by atoms with van der Waals surface area (Å²) in [5.41, 5.74) is 2.09. The average Bonchev–Trinajstić information content (AvgIpc) is 3.59. The second-order valence-corrected chi connectivity index (χ2v) is 9.78. The van der Waals surface area contributed by atoms with E-state index in [2.05, 4.69) is 57.6 Å². The Morgan fingerprint density at radius 1 is 0.974 bits per heavy atom. The largest absolute Gasteiger partial charge is 0.490 e. The molecule has 206 valence electrons. The summed E-state index contributed by atoms with van der Waals surface area (Å²) in [6, 6.07) is 22.8. The van der Waals surface area contributed by atoms with Crippen molar-refractivity contribution in [2.75, 3.05) is 26.2 Å². The molecular formula is C30H34ClN3O5. The van der Waals surface area contributed by atoms with Gasteiger partial charge in [-0.2, -0.15) is 0 Å². The normalized spacial score (nSPS) is 15.1. The van der Waals surface area contributed by atoms with Crippen molar-refractivity contribution in [2.45, 2.75) is 38.2 Å². The lowest BCUT2D eigenvalue weighted by molar-refractivity contribution is 0.0599. The molecular weight excluding hydrogens is 518 g/mol. The molecule has 3 heterocycles. The Bertz CT molecular complexity index is 1510. The Morgan fingerprint density at radius 2 is 1.77 bits per heavy atom. The van der Waals surface area contributed by atoms with E-state index < -0.39 is 6.10 Å². The highest BCUT2D eigenvalue weighted by Crippen LogP contribution is 2.33. The predicted molar refractivity (Wildman–Crippen MR) is 154 cm³/mol. The summed E-state index contributed by atoms with van der Waals surface area (Å²) in [5, 5.41) is 22.2. The number of nitrogens with zero attached hydrogens (tertiary/aromatic N) is 3. The van der Waals surface area contributed by atoms with Gasteiger partial charge in [0.15, 0.2) is 5.76 Å². The molecule has 5 aromatic rings. The molecule has 0 unspecified atom stereocenters. The van der Waals surface area contributed by atoms with E-state index in [0.29, 0.717) is 47.8 Å². The van der Waals surface area contributed by atoms with E-state index in [4.69, 9.17) is 13.6 Å². The molecule has 6 rings (SSSR count). The van der Waals surface area contributed by atoms with Crippen LogP contribution in [0.4, 0.5) is 0 Å². The number of aliphatic hydroxyl groups is 1. The van der Waals surface area contributed by atoms with E-state index in [-0.39, 0.29) is 24.5 Å². The zero-order valence-electron chi connectivity index (χ0n) is 21.9. The maximum absolute atomic E-state index is 10.7. The van der Waals surface area contributed by atoms with Crippen molar-refractivity contribution in [3.8, 4) is 17.4 Å². The van der Waals surface area contributed by atoms with Crippen LogP contribution in [0.15, 0.2) is 75.6 Å². The molecule has 0 aliphatic carbocycles. The number of aliphatic hydroxyl groups excluding tert-OH is 1. The van der Waals surface area contributed by atoms with E-state index in [9.17, 15) is 5.11 Å². The number of aromatic nitrogens is 2. The summed E-state index contributed by atoms with van der Waals surface area (Å²) < 4.78 is 17.6. The molecule has 1 atom stereocenters. The quantitative estimate of drug-likeness (QED) is 0.274. The number of rotatable bonds is 8. The van der Waals surface area contributed by atoms with E-state index in [1.807, 2.05) is 31.2 Å². The van der Waals surface area contributed by atoms with Crippen LogP contribution in [-0.2, 0) is 6.42 Å².